The van der Waals surface area contributed by atoms with Gasteiger partial charge in [-0.1, -0.05) is 24.3 Å². The molecule has 0 radical (unpaired) electrons. The van der Waals surface area contributed by atoms with Crippen LogP contribution in [0, 0.1) is 34.6 Å². The molecule has 6 nitrogen and oxygen atoms in total. The van der Waals surface area contributed by atoms with Crippen molar-refractivity contribution >= 4 is 15.9 Å². The van der Waals surface area contributed by atoms with Gasteiger partial charge in [0.2, 0.25) is 15.9 Å². The molecule has 0 atom stereocenters. The molecule has 0 aliphatic heterocycles. The van der Waals surface area contributed by atoms with Crippen molar-refractivity contribution in [2.75, 3.05) is 20.6 Å². The zero-order valence-corrected chi connectivity index (χ0v) is 20.5. The van der Waals surface area contributed by atoms with Crippen molar-refractivity contribution in [2.45, 2.75) is 59.0 Å². The second-order valence-corrected chi connectivity index (χ2v) is 10.1. The molecule has 0 saturated carbocycles. The van der Waals surface area contributed by atoms with Gasteiger partial charge in [0, 0.05) is 26.1 Å². The van der Waals surface area contributed by atoms with Gasteiger partial charge in [-0.3, -0.25) is 4.79 Å². The summed E-state index contributed by atoms with van der Waals surface area (Å²) in [6.07, 6.45) is 0.0804. The molecule has 2 aromatic rings. The first-order valence-corrected chi connectivity index (χ1v) is 12.0. The van der Waals surface area contributed by atoms with E-state index in [0.29, 0.717) is 11.4 Å². The van der Waals surface area contributed by atoms with E-state index in [4.69, 9.17) is 0 Å². The largest absolute Gasteiger partial charge is 0.352 e. The highest BCUT2D eigenvalue weighted by Crippen LogP contribution is 2.29. The Morgan fingerprint density at radius 1 is 0.871 bits per heavy atom. The van der Waals surface area contributed by atoms with Gasteiger partial charge in [-0.05, 0) is 87.7 Å². The summed E-state index contributed by atoms with van der Waals surface area (Å²) in [7, 11) is 0.302. The third kappa shape index (κ3) is 6.15. The third-order valence-electron chi connectivity index (χ3n) is 5.93. The van der Waals surface area contributed by atoms with E-state index in [1.54, 1.807) is 0 Å². The molecule has 0 aliphatic carbocycles. The van der Waals surface area contributed by atoms with Crippen LogP contribution < -0.4 is 10.0 Å². The van der Waals surface area contributed by atoms with Crippen molar-refractivity contribution < 1.29 is 13.2 Å². The molecule has 0 bridgehead atoms. The summed E-state index contributed by atoms with van der Waals surface area (Å²) in [5, 5.41) is 2.89. The molecule has 1 amide bonds. The highest BCUT2D eigenvalue weighted by molar-refractivity contribution is 7.89. The van der Waals surface area contributed by atoms with Crippen LogP contribution >= 0.6 is 0 Å². The molecule has 170 valence electrons. The van der Waals surface area contributed by atoms with Crippen molar-refractivity contribution in [2.24, 2.45) is 0 Å². The molecule has 0 heterocycles. The number of carbonyl (C=O) groups excluding carboxylic acids is 1. The first-order chi connectivity index (χ1) is 14.5. The summed E-state index contributed by atoms with van der Waals surface area (Å²) in [5.41, 5.74) is 6.81. The van der Waals surface area contributed by atoms with Crippen molar-refractivity contribution in [3.63, 3.8) is 0 Å². The zero-order chi connectivity index (χ0) is 23.3. The molecule has 2 rings (SSSR count). The molecule has 0 saturated heterocycles. The second-order valence-electron chi connectivity index (χ2n) is 8.39. The molecule has 0 aliphatic rings. The molecule has 0 fully saturated rings. The number of carbonyl (C=O) groups is 1. The van der Waals surface area contributed by atoms with Crippen LogP contribution in [0.25, 0.3) is 0 Å². The average molecular weight is 446 g/mol. The van der Waals surface area contributed by atoms with Gasteiger partial charge in [0.15, 0.2) is 0 Å². The first kappa shape index (κ1) is 25.0. The van der Waals surface area contributed by atoms with Crippen LogP contribution in [0.4, 0.5) is 0 Å². The van der Waals surface area contributed by atoms with Gasteiger partial charge in [0.25, 0.3) is 0 Å². The summed E-state index contributed by atoms with van der Waals surface area (Å²) >= 11 is 0. The number of sulfonamides is 1. The van der Waals surface area contributed by atoms with E-state index in [9.17, 15) is 13.2 Å². The van der Waals surface area contributed by atoms with E-state index < -0.39 is 10.0 Å². The standard InChI is InChI=1S/C24H35N3O3S/c1-16-17(2)19(4)24(20(5)18(16)3)31(29,30)26-13-12-23(28)25-14-21-10-8-9-11-22(21)15-27(6)7/h8-11,26H,12-15H2,1-7H3,(H,25,28). The maximum absolute atomic E-state index is 13.0. The van der Waals surface area contributed by atoms with Crippen LogP contribution in [0.5, 0.6) is 0 Å². The number of hydrogen-bond acceptors (Lipinski definition) is 4. The Kier molecular flexibility index (Phi) is 8.40. The van der Waals surface area contributed by atoms with E-state index in [-0.39, 0.29) is 18.9 Å². The van der Waals surface area contributed by atoms with Gasteiger partial charge in [0.1, 0.15) is 0 Å². The number of amides is 1. The SMILES string of the molecule is Cc1c(C)c(C)c(S(=O)(=O)NCCC(=O)NCc2ccccc2CN(C)C)c(C)c1C. The van der Waals surface area contributed by atoms with Gasteiger partial charge in [-0.15, -0.1) is 0 Å². The minimum absolute atomic E-state index is 0.0539. The molecular formula is C24H35N3O3S. The highest BCUT2D eigenvalue weighted by Gasteiger charge is 2.23. The third-order valence-corrected chi connectivity index (χ3v) is 7.66. The maximum atomic E-state index is 13.0. The summed E-state index contributed by atoms with van der Waals surface area (Å²) in [4.78, 5) is 14.7. The Balaban J connectivity index is 1.99. The fourth-order valence-corrected chi connectivity index (χ4v) is 5.37. The van der Waals surface area contributed by atoms with E-state index >= 15 is 0 Å². The first-order valence-electron chi connectivity index (χ1n) is 10.5. The molecule has 7 heteroatoms. The molecule has 0 spiro atoms. The van der Waals surface area contributed by atoms with Gasteiger partial charge in [-0.25, -0.2) is 13.1 Å². The molecule has 0 unspecified atom stereocenters. The topological polar surface area (TPSA) is 78.5 Å². The van der Waals surface area contributed by atoms with Gasteiger partial charge < -0.3 is 10.2 Å². The predicted octanol–water partition coefficient (Wildman–Crippen LogP) is 3.28. The van der Waals surface area contributed by atoms with E-state index in [1.165, 1.54) is 0 Å². The van der Waals surface area contributed by atoms with Crippen molar-refractivity contribution in [1.29, 1.82) is 0 Å². The van der Waals surface area contributed by atoms with Crippen molar-refractivity contribution in [3.8, 4) is 0 Å². The van der Waals surface area contributed by atoms with Gasteiger partial charge >= 0.3 is 0 Å². The lowest BCUT2D eigenvalue weighted by Gasteiger charge is -2.19. The Morgan fingerprint density at radius 2 is 1.39 bits per heavy atom. The van der Waals surface area contributed by atoms with Gasteiger partial charge in [0.05, 0.1) is 4.90 Å². The lowest BCUT2D eigenvalue weighted by atomic mass is 9.95. The lowest BCUT2D eigenvalue weighted by Crippen LogP contribution is -2.31. The monoisotopic (exact) mass is 445 g/mol. The van der Waals surface area contributed by atoms with E-state index in [2.05, 4.69) is 14.9 Å². The van der Waals surface area contributed by atoms with Crippen molar-refractivity contribution in [1.82, 2.24) is 14.9 Å². The number of benzene rings is 2. The molecular weight excluding hydrogens is 410 g/mol. The van der Waals surface area contributed by atoms with E-state index in [0.717, 1.165) is 45.5 Å². The van der Waals surface area contributed by atoms with Crippen LogP contribution in [0.1, 0.15) is 45.4 Å². The predicted molar refractivity (Wildman–Crippen MR) is 126 cm³/mol. The van der Waals surface area contributed by atoms with Crippen LogP contribution in [0.15, 0.2) is 29.2 Å². The fraction of sp³-hybridized carbons (Fsp3) is 0.458. The Labute approximate surface area is 187 Å². The zero-order valence-electron chi connectivity index (χ0n) is 19.7. The van der Waals surface area contributed by atoms with Crippen LogP contribution in [0.3, 0.4) is 0 Å². The normalized spacial score (nSPS) is 11.7. The number of hydrogen-bond donors (Lipinski definition) is 2. The molecule has 0 aromatic heterocycles. The summed E-state index contributed by atoms with van der Waals surface area (Å²) in [6.45, 7) is 10.8. The number of rotatable bonds is 9. The summed E-state index contributed by atoms with van der Waals surface area (Å²) in [5.74, 6) is -0.188. The fourth-order valence-electron chi connectivity index (χ4n) is 3.75. The maximum Gasteiger partial charge on any atom is 0.241 e. The van der Waals surface area contributed by atoms with Crippen LogP contribution in [-0.4, -0.2) is 39.9 Å². The van der Waals surface area contributed by atoms with Crippen LogP contribution in [-0.2, 0) is 27.9 Å². The summed E-state index contributed by atoms with van der Waals surface area (Å²) < 4.78 is 28.5. The molecule has 31 heavy (non-hydrogen) atoms. The Morgan fingerprint density at radius 3 is 1.94 bits per heavy atom. The average Bonchev–Trinajstić information content (AvgIpc) is 2.69. The molecule has 2 N–H and O–H groups in total. The number of nitrogens with zero attached hydrogens (tertiary/aromatic N) is 1. The minimum atomic E-state index is -3.70. The Hall–Kier alpha value is -2.22. The second kappa shape index (κ2) is 10.4. The summed E-state index contributed by atoms with van der Waals surface area (Å²) in [6, 6.07) is 7.98. The quantitative estimate of drug-likeness (QED) is 0.621. The smallest absolute Gasteiger partial charge is 0.241 e. The molecule has 2 aromatic carbocycles. The van der Waals surface area contributed by atoms with Crippen molar-refractivity contribution in [3.05, 3.63) is 63.2 Å². The highest BCUT2D eigenvalue weighted by atomic mass is 32.2. The minimum Gasteiger partial charge on any atom is -0.352 e. The number of nitrogens with one attached hydrogen (secondary N) is 2. The van der Waals surface area contributed by atoms with E-state index in [1.807, 2.05) is 73.0 Å². The Bertz CT molecular complexity index is 1030. The van der Waals surface area contributed by atoms with Gasteiger partial charge in [-0.2, -0.15) is 0 Å². The van der Waals surface area contributed by atoms with Crippen LogP contribution in [0.2, 0.25) is 0 Å². The lowest BCUT2D eigenvalue weighted by molar-refractivity contribution is -0.121.